The largest absolute Gasteiger partial charge is 0.462 e. The average molecular weight is 391 g/mol. The zero-order valence-electron chi connectivity index (χ0n) is 14.6. The zero-order chi connectivity index (χ0) is 20.0. The van der Waals surface area contributed by atoms with Crippen molar-refractivity contribution in [2.45, 2.75) is 19.0 Å². The fourth-order valence-electron chi connectivity index (χ4n) is 2.03. The number of carbonyl (C=O) groups excluding carboxylic acids is 2. The van der Waals surface area contributed by atoms with Crippen LogP contribution >= 0.6 is 11.8 Å². The van der Waals surface area contributed by atoms with Crippen molar-refractivity contribution in [2.75, 3.05) is 23.4 Å². The first-order valence-electron chi connectivity index (χ1n) is 7.79. The topological polar surface area (TPSA) is 150 Å². The third-order valence-electron chi connectivity index (χ3n) is 3.32. The summed E-state index contributed by atoms with van der Waals surface area (Å²) in [5.41, 5.74) is 6.78. The molecule has 1 heterocycles. The minimum Gasteiger partial charge on any atom is -0.462 e. The molecule has 1 aromatic heterocycles. The molecular weight excluding hydrogens is 374 g/mol. The molecular formula is C16H17N5O5S. The Morgan fingerprint density at radius 3 is 2.74 bits per heavy atom. The third kappa shape index (κ3) is 5.38. The highest BCUT2D eigenvalue weighted by Gasteiger charge is 2.15. The maximum atomic E-state index is 12.1. The Bertz CT molecular complexity index is 889. The van der Waals surface area contributed by atoms with Gasteiger partial charge in [-0.05, 0) is 25.5 Å². The van der Waals surface area contributed by atoms with Gasteiger partial charge in [-0.15, -0.1) is 0 Å². The van der Waals surface area contributed by atoms with Gasteiger partial charge in [0.2, 0.25) is 5.91 Å². The van der Waals surface area contributed by atoms with Gasteiger partial charge in [0.15, 0.2) is 5.16 Å². The van der Waals surface area contributed by atoms with Crippen LogP contribution in [0.5, 0.6) is 0 Å². The number of carbonyl (C=O) groups is 2. The molecule has 3 N–H and O–H groups in total. The molecule has 0 radical (unpaired) electrons. The van der Waals surface area contributed by atoms with E-state index in [1.165, 1.54) is 24.4 Å². The van der Waals surface area contributed by atoms with E-state index < -0.39 is 10.9 Å². The number of aromatic nitrogens is 2. The minimum atomic E-state index is -0.613. The van der Waals surface area contributed by atoms with Crippen LogP contribution in [-0.2, 0) is 9.53 Å². The second kappa shape index (κ2) is 8.94. The van der Waals surface area contributed by atoms with Gasteiger partial charge in [-0.3, -0.25) is 14.9 Å². The Hall–Kier alpha value is -3.21. The number of aryl methyl sites for hydroxylation is 1. The number of anilines is 2. The first kappa shape index (κ1) is 20.1. The predicted molar refractivity (Wildman–Crippen MR) is 99.6 cm³/mol. The number of benzene rings is 1. The molecule has 10 nitrogen and oxygen atoms in total. The summed E-state index contributed by atoms with van der Waals surface area (Å²) in [7, 11) is 0. The Labute approximate surface area is 158 Å². The Morgan fingerprint density at radius 2 is 2.15 bits per heavy atom. The Kier molecular flexibility index (Phi) is 6.66. The number of amides is 1. The summed E-state index contributed by atoms with van der Waals surface area (Å²) in [6.45, 7) is 3.54. The summed E-state index contributed by atoms with van der Waals surface area (Å²) in [6, 6.07) is 4.16. The van der Waals surface area contributed by atoms with Crippen molar-refractivity contribution in [3.8, 4) is 0 Å². The highest BCUT2D eigenvalue weighted by molar-refractivity contribution is 7.99. The number of nitro groups is 1. The van der Waals surface area contributed by atoms with Gasteiger partial charge in [-0.2, -0.15) is 0 Å². The summed E-state index contributed by atoms with van der Waals surface area (Å²) in [5, 5.41) is 13.6. The number of thioether (sulfide) groups is 1. The minimum absolute atomic E-state index is 0.00534. The van der Waals surface area contributed by atoms with Gasteiger partial charge in [-0.1, -0.05) is 11.8 Å². The SMILES string of the molecule is CCOC(=O)c1cnc(SCC(=O)Nc2ccc([N+](=O)[O-])cc2C)nc1N. The summed E-state index contributed by atoms with van der Waals surface area (Å²) >= 11 is 1.04. The molecule has 0 bridgehead atoms. The van der Waals surface area contributed by atoms with Crippen LogP contribution in [0.25, 0.3) is 0 Å². The highest BCUT2D eigenvalue weighted by Crippen LogP contribution is 2.22. The molecule has 0 unspecified atom stereocenters. The van der Waals surface area contributed by atoms with Crippen LogP contribution in [0.4, 0.5) is 17.2 Å². The van der Waals surface area contributed by atoms with Crippen molar-refractivity contribution in [3.05, 3.63) is 45.6 Å². The maximum absolute atomic E-state index is 12.1. The van der Waals surface area contributed by atoms with Crippen molar-refractivity contribution >= 4 is 40.8 Å². The van der Waals surface area contributed by atoms with Gasteiger partial charge >= 0.3 is 5.97 Å². The number of nitro benzene ring substituents is 1. The van der Waals surface area contributed by atoms with E-state index in [9.17, 15) is 19.7 Å². The molecule has 0 fully saturated rings. The van der Waals surface area contributed by atoms with Gasteiger partial charge in [0.05, 0.1) is 17.3 Å². The number of rotatable bonds is 7. The smallest absolute Gasteiger partial charge is 0.343 e. The maximum Gasteiger partial charge on any atom is 0.343 e. The fourth-order valence-corrected chi connectivity index (χ4v) is 2.65. The van der Waals surface area contributed by atoms with Gasteiger partial charge in [0.1, 0.15) is 11.4 Å². The monoisotopic (exact) mass is 391 g/mol. The van der Waals surface area contributed by atoms with E-state index in [4.69, 9.17) is 10.5 Å². The van der Waals surface area contributed by atoms with Crippen LogP contribution in [-0.4, -0.2) is 39.1 Å². The number of hydrogen-bond acceptors (Lipinski definition) is 9. The standard InChI is InChI=1S/C16H17N5O5S/c1-3-26-15(23)11-7-18-16(20-14(11)17)27-8-13(22)19-12-5-4-10(21(24)25)6-9(12)2/h4-7H,3,8H2,1-2H3,(H,19,22)(H2,17,18,20). The van der Waals surface area contributed by atoms with Crippen LogP contribution in [0.1, 0.15) is 22.8 Å². The molecule has 142 valence electrons. The number of nitrogens with zero attached hydrogens (tertiary/aromatic N) is 3. The molecule has 0 atom stereocenters. The number of nitrogen functional groups attached to an aromatic ring is 1. The number of nitrogens with one attached hydrogen (secondary N) is 1. The lowest BCUT2D eigenvalue weighted by Crippen LogP contribution is -2.15. The third-order valence-corrected chi connectivity index (χ3v) is 4.18. The molecule has 2 rings (SSSR count). The van der Waals surface area contributed by atoms with Gasteiger partial charge in [-0.25, -0.2) is 14.8 Å². The average Bonchev–Trinajstić information content (AvgIpc) is 2.61. The van der Waals surface area contributed by atoms with E-state index in [-0.39, 0.29) is 40.5 Å². The van der Waals surface area contributed by atoms with Gasteiger partial charge < -0.3 is 15.8 Å². The lowest BCUT2D eigenvalue weighted by molar-refractivity contribution is -0.384. The first-order chi connectivity index (χ1) is 12.8. The van der Waals surface area contributed by atoms with E-state index in [1.807, 2.05) is 0 Å². The highest BCUT2D eigenvalue weighted by atomic mass is 32.2. The van der Waals surface area contributed by atoms with Crippen LogP contribution < -0.4 is 11.1 Å². The van der Waals surface area contributed by atoms with Gasteiger partial charge in [0, 0.05) is 24.0 Å². The first-order valence-corrected chi connectivity index (χ1v) is 8.77. The molecule has 27 heavy (non-hydrogen) atoms. The molecule has 0 aliphatic carbocycles. The van der Waals surface area contributed by atoms with Crippen molar-refractivity contribution in [1.29, 1.82) is 0 Å². The Morgan fingerprint density at radius 1 is 1.41 bits per heavy atom. The second-order valence-electron chi connectivity index (χ2n) is 5.27. The van der Waals surface area contributed by atoms with Crippen molar-refractivity contribution < 1.29 is 19.2 Å². The molecule has 0 spiro atoms. The van der Waals surface area contributed by atoms with E-state index in [2.05, 4.69) is 15.3 Å². The number of esters is 1. The number of nitrogens with two attached hydrogens (primary N) is 1. The van der Waals surface area contributed by atoms with Crippen LogP contribution in [0.15, 0.2) is 29.6 Å². The molecule has 2 aromatic rings. The molecule has 11 heteroatoms. The predicted octanol–water partition coefficient (Wildman–Crippen LogP) is 2.18. The second-order valence-corrected chi connectivity index (χ2v) is 6.21. The number of non-ortho nitro benzene ring substituents is 1. The zero-order valence-corrected chi connectivity index (χ0v) is 15.4. The summed E-state index contributed by atoms with van der Waals surface area (Å²) in [4.78, 5) is 41.9. The molecule has 0 aliphatic rings. The van der Waals surface area contributed by atoms with Crippen molar-refractivity contribution in [2.24, 2.45) is 0 Å². The quantitative estimate of drug-likeness (QED) is 0.238. The molecule has 1 amide bonds. The lowest BCUT2D eigenvalue weighted by atomic mass is 10.2. The lowest BCUT2D eigenvalue weighted by Gasteiger charge is -2.08. The van der Waals surface area contributed by atoms with Crippen molar-refractivity contribution in [3.63, 3.8) is 0 Å². The summed E-state index contributed by atoms with van der Waals surface area (Å²) < 4.78 is 4.84. The molecule has 0 aliphatic heterocycles. The van der Waals surface area contributed by atoms with E-state index in [1.54, 1.807) is 13.8 Å². The number of hydrogen-bond donors (Lipinski definition) is 2. The van der Waals surface area contributed by atoms with E-state index >= 15 is 0 Å². The van der Waals surface area contributed by atoms with Crippen LogP contribution in [0.2, 0.25) is 0 Å². The van der Waals surface area contributed by atoms with Crippen molar-refractivity contribution in [1.82, 2.24) is 9.97 Å². The van der Waals surface area contributed by atoms with Gasteiger partial charge in [0.25, 0.3) is 5.69 Å². The Balaban J connectivity index is 1.97. The van der Waals surface area contributed by atoms with E-state index in [0.717, 1.165) is 11.8 Å². The van der Waals surface area contributed by atoms with E-state index in [0.29, 0.717) is 11.3 Å². The summed E-state index contributed by atoms with van der Waals surface area (Å²) in [5.74, 6) is -0.988. The fraction of sp³-hybridized carbons (Fsp3) is 0.250. The van der Waals surface area contributed by atoms with Crippen LogP contribution in [0.3, 0.4) is 0 Å². The number of ether oxygens (including phenoxy) is 1. The molecule has 1 aromatic carbocycles. The summed E-state index contributed by atoms with van der Waals surface area (Å²) in [6.07, 6.45) is 1.25. The molecule has 0 saturated carbocycles. The molecule has 0 saturated heterocycles. The normalized spacial score (nSPS) is 10.3. The van der Waals surface area contributed by atoms with Crippen LogP contribution in [0, 0.1) is 17.0 Å².